The third kappa shape index (κ3) is 4.36. The molecule has 1 aromatic heterocycles. The van der Waals surface area contributed by atoms with Gasteiger partial charge in [-0.1, -0.05) is 48.5 Å². The van der Waals surface area contributed by atoms with Crippen LogP contribution in [0.1, 0.15) is 0 Å². The van der Waals surface area contributed by atoms with Crippen LogP contribution in [0.5, 0.6) is 0 Å². The van der Waals surface area contributed by atoms with E-state index in [0.29, 0.717) is 0 Å². The van der Waals surface area contributed by atoms with Crippen LogP contribution < -0.4 is 16.0 Å². The summed E-state index contributed by atoms with van der Waals surface area (Å²) in [4.78, 5) is 4.47. The van der Waals surface area contributed by atoms with Crippen LogP contribution in [0, 0.1) is 0 Å². The summed E-state index contributed by atoms with van der Waals surface area (Å²) in [7, 11) is 0. The molecule has 0 unspecified atom stereocenters. The van der Waals surface area contributed by atoms with Crippen molar-refractivity contribution in [2.75, 3.05) is 36.8 Å². The van der Waals surface area contributed by atoms with Crippen molar-refractivity contribution in [3.05, 3.63) is 79.0 Å². The molecule has 3 aromatic carbocycles. The van der Waals surface area contributed by atoms with Gasteiger partial charge in [0.25, 0.3) is 0 Å². The Morgan fingerprint density at radius 1 is 0.630 bits per heavy atom. The third-order valence-corrected chi connectivity index (χ3v) is 4.63. The van der Waals surface area contributed by atoms with Crippen molar-refractivity contribution >= 4 is 33.1 Å². The number of hydrogen-bond donors (Lipinski definition) is 3. The van der Waals surface area contributed by atoms with E-state index in [2.05, 4.69) is 87.7 Å². The molecule has 0 amide bonds. The molecule has 0 bridgehead atoms. The maximum Gasteiger partial charge on any atom is 0.0933 e. The maximum atomic E-state index is 4.47. The highest BCUT2D eigenvalue weighted by molar-refractivity contribution is 5.90. The minimum atomic E-state index is 0.867. The Labute approximate surface area is 159 Å². The highest BCUT2D eigenvalue weighted by Gasteiger charge is 2.00. The van der Waals surface area contributed by atoms with Crippen molar-refractivity contribution in [2.24, 2.45) is 0 Å². The molecule has 0 aliphatic carbocycles. The number of aromatic nitrogens is 1. The highest BCUT2D eigenvalue weighted by atomic mass is 15.0. The monoisotopic (exact) mass is 356 g/mol. The van der Waals surface area contributed by atoms with Gasteiger partial charge in [0.1, 0.15) is 0 Å². The zero-order chi connectivity index (χ0) is 18.3. The molecule has 0 saturated carbocycles. The fourth-order valence-electron chi connectivity index (χ4n) is 3.25. The average molecular weight is 356 g/mol. The van der Waals surface area contributed by atoms with Gasteiger partial charge < -0.3 is 16.0 Å². The Balaban J connectivity index is 1.19. The van der Waals surface area contributed by atoms with Gasteiger partial charge in [0, 0.05) is 43.4 Å². The summed E-state index contributed by atoms with van der Waals surface area (Å²) in [5.41, 5.74) is 3.28. The minimum absolute atomic E-state index is 0.867. The van der Waals surface area contributed by atoms with Crippen LogP contribution in [0.3, 0.4) is 0 Å². The summed E-state index contributed by atoms with van der Waals surface area (Å²) in [6, 6.07) is 25.2. The molecule has 136 valence electrons. The second-order valence-corrected chi connectivity index (χ2v) is 6.55. The van der Waals surface area contributed by atoms with Crippen LogP contribution in [0.4, 0.5) is 11.4 Å². The van der Waals surface area contributed by atoms with E-state index in [9.17, 15) is 0 Å². The molecule has 4 aromatic rings. The lowest BCUT2D eigenvalue weighted by Crippen LogP contribution is -2.27. The molecule has 4 nitrogen and oxygen atoms in total. The van der Waals surface area contributed by atoms with Crippen LogP contribution >= 0.6 is 0 Å². The Morgan fingerprint density at radius 3 is 2.33 bits per heavy atom. The first-order chi connectivity index (χ1) is 13.4. The summed E-state index contributed by atoms with van der Waals surface area (Å²) in [5, 5.41) is 14.1. The van der Waals surface area contributed by atoms with Crippen molar-refractivity contribution in [3.8, 4) is 0 Å². The second-order valence-electron chi connectivity index (χ2n) is 6.55. The number of pyridine rings is 1. The van der Waals surface area contributed by atoms with Gasteiger partial charge in [-0.15, -0.1) is 0 Å². The smallest absolute Gasteiger partial charge is 0.0933 e. The molecule has 0 saturated heterocycles. The van der Waals surface area contributed by atoms with Crippen LogP contribution in [-0.4, -0.2) is 31.2 Å². The standard InChI is InChI=1S/C23H24N4/c1-2-6-20-17-21(11-10-18(20)5-1)25-15-13-24-14-16-26-22-9-3-7-19-8-4-12-27-23(19)22/h1-12,17,24-26H,13-16H2. The van der Waals surface area contributed by atoms with E-state index in [-0.39, 0.29) is 0 Å². The zero-order valence-corrected chi connectivity index (χ0v) is 15.3. The number of para-hydroxylation sites is 1. The van der Waals surface area contributed by atoms with Crippen LogP contribution in [0.15, 0.2) is 79.0 Å². The normalized spacial score (nSPS) is 11.0. The predicted octanol–water partition coefficient (Wildman–Crippen LogP) is 4.50. The molecular formula is C23H24N4. The van der Waals surface area contributed by atoms with Gasteiger partial charge >= 0.3 is 0 Å². The average Bonchev–Trinajstić information content (AvgIpc) is 2.73. The Kier molecular flexibility index (Phi) is 5.46. The maximum absolute atomic E-state index is 4.47. The summed E-state index contributed by atoms with van der Waals surface area (Å²) >= 11 is 0. The number of nitrogens with zero attached hydrogens (tertiary/aromatic N) is 1. The van der Waals surface area contributed by atoms with Crippen LogP contribution in [0.25, 0.3) is 21.7 Å². The van der Waals surface area contributed by atoms with E-state index in [4.69, 9.17) is 0 Å². The summed E-state index contributed by atoms with van der Waals surface area (Å²) < 4.78 is 0. The number of fused-ring (bicyclic) bond motifs is 2. The van der Waals surface area contributed by atoms with Gasteiger partial charge in [-0.05, 0) is 35.0 Å². The zero-order valence-electron chi connectivity index (χ0n) is 15.3. The van der Waals surface area contributed by atoms with E-state index in [0.717, 1.165) is 48.5 Å². The molecule has 1 heterocycles. The van der Waals surface area contributed by atoms with Gasteiger partial charge in [-0.25, -0.2) is 0 Å². The van der Waals surface area contributed by atoms with E-state index >= 15 is 0 Å². The number of rotatable bonds is 8. The van der Waals surface area contributed by atoms with Gasteiger partial charge in [0.15, 0.2) is 0 Å². The predicted molar refractivity (Wildman–Crippen MR) is 116 cm³/mol. The first-order valence-electron chi connectivity index (χ1n) is 9.41. The molecule has 0 radical (unpaired) electrons. The third-order valence-electron chi connectivity index (χ3n) is 4.63. The summed E-state index contributed by atoms with van der Waals surface area (Å²) in [6.07, 6.45) is 1.84. The molecule has 0 aliphatic rings. The minimum Gasteiger partial charge on any atom is -0.384 e. The van der Waals surface area contributed by atoms with E-state index in [1.807, 2.05) is 12.3 Å². The van der Waals surface area contributed by atoms with Crippen molar-refractivity contribution in [3.63, 3.8) is 0 Å². The highest BCUT2D eigenvalue weighted by Crippen LogP contribution is 2.20. The van der Waals surface area contributed by atoms with Crippen molar-refractivity contribution < 1.29 is 0 Å². The van der Waals surface area contributed by atoms with Gasteiger partial charge in [-0.2, -0.15) is 0 Å². The molecule has 3 N–H and O–H groups in total. The van der Waals surface area contributed by atoms with E-state index in [1.165, 1.54) is 10.8 Å². The lowest BCUT2D eigenvalue weighted by Gasteiger charge is -2.11. The number of anilines is 2. The molecule has 0 fully saturated rings. The Hall–Kier alpha value is -3.11. The van der Waals surface area contributed by atoms with E-state index < -0.39 is 0 Å². The Morgan fingerprint density at radius 2 is 1.41 bits per heavy atom. The van der Waals surface area contributed by atoms with Gasteiger partial charge in [0.05, 0.1) is 11.2 Å². The summed E-state index contributed by atoms with van der Waals surface area (Å²) in [6.45, 7) is 3.59. The lowest BCUT2D eigenvalue weighted by molar-refractivity contribution is 0.719. The molecule has 0 atom stereocenters. The number of nitrogens with one attached hydrogen (secondary N) is 3. The quantitative estimate of drug-likeness (QED) is 0.407. The lowest BCUT2D eigenvalue weighted by atomic mass is 10.1. The SMILES string of the molecule is c1ccc2cc(NCCNCCNc3cccc4cccnc34)ccc2c1. The van der Waals surface area contributed by atoms with Crippen molar-refractivity contribution in [2.45, 2.75) is 0 Å². The molecule has 4 heteroatoms. The topological polar surface area (TPSA) is 49.0 Å². The molecule has 4 rings (SSSR count). The molecule has 27 heavy (non-hydrogen) atoms. The van der Waals surface area contributed by atoms with Crippen LogP contribution in [-0.2, 0) is 0 Å². The molecule has 0 aliphatic heterocycles. The van der Waals surface area contributed by atoms with E-state index in [1.54, 1.807) is 0 Å². The molecule has 0 spiro atoms. The first kappa shape index (κ1) is 17.3. The molecular weight excluding hydrogens is 332 g/mol. The van der Waals surface area contributed by atoms with Gasteiger partial charge in [-0.3, -0.25) is 4.98 Å². The Bertz CT molecular complexity index is 1020. The largest absolute Gasteiger partial charge is 0.384 e. The van der Waals surface area contributed by atoms with Crippen molar-refractivity contribution in [1.29, 1.82) is 0 Å². The van der Waals surface area contributed by atoms with Crippen molar-refractivity contribution in [1.82, 2.24) is 10.3 Å². The van der Waals surface area contributed by atoms with Crippen LogP contribution in [0.2, 0.25) is 0 Å². The fraction of sp³-hybridized carbons (Fsp3) is 0.174. The fourth-order valence-corrected chi connectivity index (χ4v) is 3.25. The second kappa shape index (κ2) is 8.52. The number of benzene rings is 3. The summed E-state index contributed by atoms with van der Waals surface area (Å²) in [5.74, 6) is 0. The van der Waals surface area contributed by atoms with Gasteiger partial charge in [0.2, 0.25) is 0 Å². The first-order valence-corrected chi connectivity index (χ1v) is 9.41. The number of hydrogen-bond acceptors (Lipinski definition) is 4.